The summed E-state index contributed by atoms with van der Waals surface area (Å²) in [5.41, 5.74) is 1.15. The van der Waals surface area contributed by atoms with E-state index in [0.717, 1.165) is 48.3 Å². The molecule has 32 heavy (non-hydrogen) atoms. The van der Waals surface area contributed by atoms with Gasteiger partial charge in [-0.3, -0.25) is 0 Å². The Kier molecular flexibility index (Phi) is 6.51. The highest BCUT2D eigenvalue weighted by molar-refractivity contribution is 5.84. The molecule has 2 aromatic rings. The summed E-state index contributed by atoms with van der Waals surface area (Å²) in [6.07, 6.45) is 13.2. The fourth-order valence-corrected chi connectivity index (χ4v) is 7.20. The maximum absolute atomic E-state index is 14.1. The van der Waals surface area contributed by atoms with Crippen molar-refractivity contribution in [2.45, 2.75) is 83.2 Å². The smallest absolute Gasteiger partial charge is 0.195 e. The van der Waals surface area contributed by atoms with Crippen molar-refractivity contribution in [3.63, 3.8) is 0 Å². The van der Waals surface area contributed by atoms with E-state index < -0.39 is 17.5 Å². The van der Waals surface area contributed by atoms with Crippen LogP contribution in [0.25, 0.3) is 10.8 Å². The number of hydrogen-bond acceptors (Lipinski definition) is 1. The van der Waals surface area contributed by atoms with Gasteiger partial charge in [0.2, 0.25) is 0 Å². The van der Waals surface area contributed by atoms with Gasteiger partial charge in [0.05, 0.1) is 6.10 Å². The predicted octanol–water partition coefficient (Wildman–Crippen LogP) is 8.15. The topological polar surface area (TPSA) is 9.23 Å². The fraction of sp³-hybridized carbons (Fsp3) is 0.643. The molecule has 3 aliphatic carbocycles. The first kappa shape index (κ1) is 22.3. The minimum Gasteiger partial charge on any atom is -0.379 e. The van der Waals surface area contributed by atoms with E-state index in [2.05, 4.69) is 6.92 Å². The van der Waals surface area contributed by atoms with Crippen LogP contribution in [0.15, 0.2) is 24.3 Å². The molecule has 0 saturated heterocycles. The van der Waals surface area contributed by atoms with Gasteiger partial charge in [-0.1, -0.05) is 18.2 Å². The SMILES string of the molecule is CCOC1CCC(C2CCC3CC(c4ccc5c(F)c(F)c(F)cc5c4)CCC3C2)CC1. The van der Waals surface area contributed by atoms with E-state index in [4.69, 9.17) is 4.74 Å². The molecular weight excluding hydrogens is 409 g/mol. The third-order valence-corrected chi connectivity index (χ3v) is 8.91. The van der Waals surface area contributed by atoms with Crippen LogP contribution >= 0.6 is 0 Å². The first-order valence-electron chi connectivity index (χ1n) is 12.7. The minimum atomic E-state index is -1.38. The largest absolute Gasteiger partial charge is 0.379 e. The Balaban J connectivity index is 1.22. The van der Waals surface area contributed by atoms with Crippen molar-refractivity contribution < 1.29 is 17.9 Å². The highest BCUT2D eigenvalue weighted by atomic mass is 19.2. The summed E-state index contributed by atoms with van der Waals surface area (Å²) in [7, 11) is 0. The molecule has 2 aromatic carbocycles. The van der Waals surface area contributed by atoms with Crippen LogP contribution in [0, 0.1) is 41.1 Å². The third kappa shape index (κ3) is 4.32. The molecule has 0 heterocycles. The molecule has 0 aromatic heterocycles. The van der Waals surface area contributed by atoms with Gasteiger partial charge in [0.1, 0.15) is 0 Å². The van der Waals surface area contributed by atoms with Crippen molar-refractivity contribution in [2.24, 2.45) is 23.7 Å². The van der Waals surface area contributed by atoms with Gasteiger partial charge >= 0.3 is 0 Å². The van der Waals surface area contributed by atoms with Crippen LogP contribution in [0.1, 0.15) is 82.6 Å². The fourth-order valence-electron chi connectivity index (χ4n) is 7.20. The van der Waals surface area contributed by atoms with Crippen molar-refractivity contribution in [1.29, 1.82) is 0 Å². The van der Waals surface area contributed by atoms with E-state index in [1.165, 1.54) is 57.8 Å². The highest BCUT2D eigenvalue weighted by Gasteiger charge is 2.39. The minimum absolute atomic E-state index is 0.168. The number of ether oxygens (including phenoxy) is 1. The normalized spacial score (nSPS) is 33.2. The molecule has 4 unspecified atom stereocenters. The number of hydrogen-bond donors (Lipinski definition) is 0. The molecule has 0 spiro atoms. The number of fused-ring (bicyclic) bond motifs is 2. The second kappa shape index (κ2) is 9.37. The van der Waals surface area contributed by atoms with Crippen molar-refractivity contribution in [1.82, 2.24) is 0 Å². The van der Waals surface area contributed by atoms with Gasteiger partial charge in [0, 0.05) is 12.0 Å². The second-order valence-corrected chi connectivity index (χ2v) is 10.6. The van der Waals surface area contributed by atoms with Crippen LogP contribution in [0.5, 0.6) is 0 Å². The Morgan fingerprint density at radius 1 is 0.750 bits per heavy atom. The van der Waals surface area contributed by atoms with E-state index in [-0.39, 0.29) is 5.39 Å². The van der Waals surface area contributed by atoms with E-state index in [0.29, 0.717) is 17.4 Å². The molecule has 1 nitrogen and oxygen atoms in total. The van der Waals surface area contributed by atoms with E-state index >= 15 is 0 Å². The molecule has 0 amide bonds. The molecule has 0 aliphatic heterocycles. The average molecular weight is 445 g/mol. The first-order valence-corrected chi connectivity index (χ1v) is 12.7. The number of benzene rings is 2. The third-order valence-electron chi connectivity index (χ3n) is 8.91. The maximum Gasteiger partial charge on any atom is 0.195 e. The molecule has 0 radical (unpaired) electrons. The summed E-state index contributed by atoms with van der Waals surface area (Å²) >= 11 is 0. The molecule has 5 rings (SSSR count). The van der Waals surface area contributed by atoms with Crippen LogP contribution in [-0.2, 0) is 4.74 Å². The Labute approximate surface area is 189 Å². The average Bonchev–Trinajstić information content (AvgIpc) is 2.82. The Bertz CT molecular complexity index is 949. The maximum atomic E-state index is 14.1. The van der Waals surface area contributed by atoms with Crippen molar-refractivity contribution in [2.75, 3.05) is 6.61 Å². The van der Waals surface area contributed by atoms with Gasteiger partial charge in [0.15, 0.2) is 17.5 Å². The number of halogens is 3. The molecule has 3 fully saturated rings. The van der Waals surface area contributed by atoms with Crippen molar-refractivity contribution in [3.05, 3.63) is 47.3 Å². The van der Waals surface area contributed by atoms with Gasteiger partial charge in [0.25, 0.3) is 0 Å². The summed E-state index contributed by atoms with van der Waals surface area (Å²) in [5.74, 6) is 0.242. The summed E-state index contributed by atoms with van der Waals surface area (Å²) in [6.45, 7) is 2.93. The van der Waals surface area contributed by atoms with Gasteiger partial charge in [-0.25, -0.2) is 13.2 Å². The van der Waals surface area contributed by atoms with Crippen LogP contribution < -0.4 is 0 Å². The lowest BCUT2D eigenvalue weighted by Gasteiger charge is -2.45. The summed E-state index contributed by atoms with van der Waals surface area (Å²) < 4.78 is 47.2. The van der Waals surface area contributed by atoms with Gasteiger partial charge in [-0.2, -0.15) is 0 Å². The van der Waals surface area contributed by atoms with Crippen LogP contribution in [0.3, 0.4) is 0 Å². The van der Waals surface area contributed by atoms with Crippen molar-refractivity contribution in [3.8, 4) is 0 Å². The van der Waals surface area contributed by atoms with Gasteiger partial charge in [-0.15, -0.1) is 0 Å². The standard InChI is InChI=1S/C28H35F3O/c1-2-32-24-10-7-17(8-11-24)18-3-4-20-14-21(6-5-19(20)13-18)22-9-12-25-23(15-22)16-26(29)28(31)27(25)30/h9,12,15-21,24H,2-8,10-11,13-14H2,1H3. The molecule has 0 bridgehead atoms. The Morgan fingerprint density at radius 2 is 1.41 bits per heavy atom. The predicted molar refractivity (Wildman–Crippen MR) is 122 cm³/mol. The van der Waals surface area contributed by atoms with E-state index in [1.54, 1.807) is 6.07 Å². The summed E-state index contributed by atoms with van der Waals surface area (Å²) in [4.78, 5) is 0. The lowest BCUT2D eigenvalue weighted by atomic mass is 9.60. The molecule has 3 aliphatic rings. The highest BCUT2D eigenvalue weighted by Crippen LogP contribution is 2.50. The summed E-state index contributed by atoms with van der Waals surface area (Å²) in [6, 6.07) is 6.57. The quantitative estimate of drug-likeness (QED) is 0.432. The number of rotatable bonds is 4. The van der Waals surface area contributed by atoms with Crippen molar-refractivity contribution >= 4 is 10.8 Å². The molecule has 174 valence electrons. The monoisotopic (exact) mass is 444 g/mol. The van der Waals surface area contributed by atoms with E-state index in [9.17, 15) is 13.2 Å². The second-order valence-electron chi connectivity index (χ2n) is 10.6. The zero-order valence-corrected chi connectivity index (χ0v) is 19.1. The molecular formula is C28H35F3O. The van der Waals surface area contributed by atoms with Crippen LogP contribution in [0.2, 0.25) is 0 Å². The zero-order valence-electron chi connectivity index (χ0n) is 19.1. The van der Waals surface area contributed by atoms with Gasteiger partial charge in [-0.05, 0) is 118 Å². The van der Waals surface area contributed by atoms with Crippen LogP contribution in [-0.4, -0.2) is 12.7 Å². The molecule has 4 heteroatoms. The Morgan fingerprint density at radius 3 is 2.16 bits per heavy atom. The zero-order chi connectivity index (χ0) is 22.2. The van der Waals surface area contributed by atoms with Gasteiger partial charge < -0.3 is 4.74 Å². The molecule has 3 saturated carbocycles. The lowest BCUT2D eigenvalue weighted by Crippen LogP contribution is -2.35. The lowest BCUT2D eigenvalue weighted by molar-refractivity contribution is 0.00583. The van der Waals surface area contributed by atoms with E-state index in [1.807, 2.05) is 12.1 Å². The Hall–Kier alpha value is -1.55. The van der Waals surface area contributed by atoms with Crippen LogP contribution in [0.4, 0.5) is 13.2 Å². The molecule has 0 N–H and O–H groups in total. The molecule has 4 atom stereocenters. The summed E-state index contributed by atoms with van der Waals surface area (Å²) in [5, 5.41) is 0.633. The first-order chi connectivity index (χ1) is 15.5.